The van der Waals surface area contributed by atoms with Crippen molar-refractivity contribution >= 4 is 23.3 Å². The fourth-order valence-electron chi connectivity index (χ4n) is 1.75. The van der Waals surface area contributed by atoms with Gasteiger partial charge in [0.15, 0.2) is 0 Å². The Morgan fingerprint density at radius 2 is 2.11 bits per heavy atom. The first-order valence-corrected chi connectivity index (χ1v) is 6.76. The molecule has 0 aliphatic rings. The largest absolute Gasteiger partial charge is 0.391 e. The summed E-state index contributed by atoms with van der Waals surface area (Å²) in [5.74, 6) is 0.395. The average Bonchev–Trinajstić information content (AvgIpc) is 2.32. The lowest BCUT2D eigenvalue weighted by atomic mass is 10.1. The lowest BCUT2D eigenvalue weighted by Gasteiger charge is -2.15. The molecule has 1 atom stereocenters. The topological polar surface area (TPSA) is 61.4 Å². The Labute approximate surface area is 119 Å². The van der Waals surface area contributed by atoms with Crippen molar-refractivity contribution in [2.45, 2.75) is 33.3 Å². The first kappa shape index (κ1) is 15.8. The molecule has 1 aromatic rings. The van der Waals surface area contributed by atoms with Gasteiger partial charge >= 0.3 is 6.03 Å². The number of amides is 2. The predicted octanol–water partition coefficient (Wildman–Crippen LogP) is 3.18. The van der Waals surface area contributed by atoms with Crippen LogP contribution in [0.25, 0.3) is 0 Å². The third-order valence-corrected chi connectivity index (χ3v) is 3.18. The van der Waals surface area contributed by atoms with Crippen LogP contribution in [-0.2, 0) is 0 Å². The van der Waals surface area contributed by atoms with E-state index >= 15 is 0 Å². The molecule has 106 valence electrons. The van der Waals surface area contributed by atoms with Crippen LogP contribution in [0.1, 0.15) is 25.8 Å². The number of carbonyl (C=O) groups excluding carboxylic acids is 1. The molecule has 0 aliphatic carbocycles. The quantitative estimate of drug-likeness (QED) is 0.778. The molecular formula is C14H21ClN2O2. The van der Waals surface area contributed by atoms with Crippen LogP contribution < -0.4 is 10.6 Å². The van der Waals surface area contributed by atoms with Gasteiger partial charge in [-0.3, -0.25) is 0 Å². The number of hydrogen-bond donors (Lipinski definition) is 3. The van der Waals surface area contributed by atoms with Gasteiger partial charge in [-0.15, -0.1) is 0 Å². The number of anilines is 1. The molecule has 0 radical (unpaired) electrons. The van der Waals surface area contributed by atoms with E-state index < -0.39 is 6.10 Å². The minimum absolute atomic E-state index is 0.230. The highest BCUT2D eigenvalue weighted by Gasteiger charge is 2.10. The lowest BCUT2D eigenvalue weighted by molar-refractivity contribution is 0.148. The Kier molecular flexibility index (Phi) is 6.12. The number of nitrogens with one attached hydrogen (secondary N) is 2. The van der Waals surface area contributed by atoms with Crippen molar-refractivity contribution in [3.8, 4) is 0 Å². The average molecular weight is 285 g/mol. The monoisotopic (exact) mass is 284 g/mol. The third kappa shape index (κ3) is 5.49. The van der Waals surface area contributed by atoms with Crippen molar-refractivity contribution in [2.75, 3.05) is 11.9 Å². The molecule has 19 heavy (non-hydrogen) atoms. The van der Waals surface area contributed by atoms with Gasteiger partial charge in [-0.2, -0.15) is 0 Å². The van der Waals surface area contributed by atoms with Gasteiger partial charge in [-0.25, -0.2) is 4.79 Å². The first-order valence-electron chi connectivity index (χ1n) is 6.38. The second-order valence-corrected chi connectivity index (χ2v) is 5.43. The summed E-state index contributed by atoms with van der Waals surface area (Å²) in [7, 11) is 0. The highest BCUT2D eigenvalue weighted by molar-refractivity contribution is 6.34. The van der Waals surface area contributed by atoms with Gasteiger partial charge in [0.05, 0.1) is 16.8 Å². The highest BCUT2D eigenvalue weighted by Crippen LogP contribution is 2.24. The number of aliphatic hydroxyl groups excluding tert-OH is 1. The zero-order valence-electron chi connectivity index (χ0n) is 11.5. The molecule has 1 unspecified atom stereocenters. The number of halogens is 1. The molecule has 0 spiro atoms. The summed E-state index contributed by atoms with van der Waals surface area (Å²) in [4.78, 5) is 11.7. The summed E-state index contributed by atoms with van der Waals surface area (Å²) >= 11 is 6.08. The van der Waals surface area contributed by atoms with Crippen LogP contribution in [0.3, 0.4) is 0 Å². The lowest BCUT2D eigenvalue weighted by Crippen LogP contribution is -2.35. The Morgan fingerprint density at radius 1 is 1.42 bits per heavy atom. The van der Waals surface area contributed by atoms with E-state index in [2.05, 4.69) is 10.6 Å². The van der Waals surface area contributed by atoms with Crippen molar-refractivity contribution in [2.24, 2.45) is 5.92 Å². The van der Waals surface area contributed by atoms with Crippen molar-refractivity contribution < 1.29 is 9.90 Å². The van der Waals surface area contributed by atoms with Gasteiger partial charge in [0.1, 0.15) is 0 Å². The summed E-state index contributed by atoms with van der Waals surface area (Å²) < 4.78 is 0. The van der Waals surface area contributed by atoms with Gasteiger partial charge in [-0.05, 0) is 30.9 Å². The van der Waals surface area contributed by atoms with Crippen LogP contribution in [0.2, 0.25) is 5.02 Å². The summed E-state index contributed by atoms with van der Waals surface area (Å²) in [6, 6.07) is 5.07. The van der Waals surface area contributed by atoms with E-state index in [-0.39, 0.29) is 12.6 Å². The molecule has 4 nitrogen and oxygen atoms in total. The molecule has 0 saturated heterocycles. The van der Waals surface area contributed by atoms with Gasteiger partial charge in [0.2, 0.25) is 0 Å². The van der Waals surface area contributed by atoms with E-state index in [0.717, 1.165) is 5.56 Å². The van der Waals surface area contributed by atoms with Gasteiger partial charge in [0, 0.05) is 6.54 Å². The number of benzene rings is 1. The number of urea groups is 1. The van der Waals surface area contributed by atoms with Gasteiger partial charge in [0.25, 0.3) is 0 Å². The van der Waals surface area contributed by atoms with Gasteiger partial charge in [-0.1, -0.05) is 37.6 Å². The Hall–Kier alpha value is -1.26. The Bertz CT molecular complexity index is 435. The minimum Gasteiger partial charge on any atom is -0.391 e. The maximum atomic E-state index is 11.7. The standard InChI is InChI=1S/C14H21ClN2O2/c1-9(2)7-11(18)8-16-14(19)17-12-6-4-5-10(3)13(12)15/h4-6,9,11,18H,7-8H2,1-3H3,(H2,16,17,19). The maximum Gasteiger partial charge on any atom is 0.319 e. The molecular weight excluding hydrogens is 264 g/mol. The van der Waals surface area contributed by atoms with E-state index in [1.165, 1.54) is 0 Å². The number of aryl methyl sites for hydroxylation is 1. The normalized spacial score (nSPS) is 12.3. The molecule has 3 N–H and O–H groups in total. The molecule has 0 aromatic heterocycles. The van der Waals surface area contributed by atoms with Crippen molar-refractivity contribution in [3.05, 3.63) is 28.8 Å². The second-order valence-electron chi connectivity index (χ2n) is 5.05. The number of hydrogen-bond acceptors (Lipinski definition) is 2. The first-order chi connectivity index (χ1) is 8.90. The summed E-state index contributed by atoms with van der Waals surface area (Å²) in [6.45, 7) is 6.15. The molecule has 1 aromatic carbocycles. The van der Waals surface area contributed by atoms with Crippen molar-refractivity contribution in [3.63, 3.8) is 0 Å². The highest BCUT2D eigenvalue weighted by atomic mass is 35.5. The van der Waals surface area contributed by atoms with E-state index in [9.17, 15) is 9.90 Å². The predicted molar refractivity (Wildman–Crippen MR) is 78.7 cm³/mol. The third-order valence-electron chi connectivity index (χ3n) is 2.68. The van der Waals surface area contributed by atoms with Crippen LogP contribution in [0.15, 0.2) is 18.2 Å². The summed E-state index contributed by atoms with van der Waals surface area (Å²) in [5.41, 5.74) is 1.47. The van der Waals surface area contributed by atoms with Crippen LogP contribution in [0, 0.1) is 12.8 Å². The van der Waals surface area contributed by atoms with E-state index in [1.807, 2.05) is 32.9 Å². The number of carbonyl (C=O) groups is 1. The number of aliphatic hydroxyl groups is 1. The summed E-state index contributed by atoms with van der Waals surface area (Å²) in [5, 5.41) is 15.5. The molecule has 0 aliphatic heterocycles. The van der Waals surface area contributed by atoms with Crippen molar-refractivity contribution in [1.29, 1.82) is 0 Å². The smallest absolute Gasteiger partial charge is 0.319 e. The zero-order chi connectivity index (χ0) is 14.4. The fourth-order valence-corrected chi connectivity index (χ4v) is 1.92. The van der Waals surface area contributed by atoms with Crippen LogP contribution in [0.5, 0.6) is 0 Å². The molecule has 0 fully saturated rings. The zero-order valence-corrected chi connectivity index (χ0v) is 12.3. The molecule has 0 heterocycles. The maximum absolute atomic E-state index is 11.7. The van der Waals surface area contributed by atoms with Crippen LogP contribution in [0.4, 0.5) is 10.5 Å². The minimum atomic E-state index is -0.529. The molecule has 0 bridgehead atoms. The summed E-state index contributed by atoms with van der Waals surface area (Å²) in [6.07, 6.45) is 0.129. The van der Waals surface area contributed by atoms with E-state index in [0.29, 0.717) is 23.0 Å². The van der Waals surface area contributed by atoms with Crippen LogP contribution in [-0.4, -0.2) is 23.8 Å². The fraction of sp³-hybridized carbons (Fsp3) is 0.500. The molecule has 5 heteroatoms. The Morgan fingerprint density at radius 3 is 2.74 bits per heavy atom. The van der Waals surface area contributed by atoms with E-state index in [4.69, 9.17) is 11.6 Å². The molecule has 1 rings (SSSR count). The van der Waals surface area contributed by atoms with Crippen molar-refractivity contribution in [1.82, 2.24) is 5.32 Å². The number of rotatable bonds is 5. The van der Waals surface area contributed by atoms with Gasteiger partial charge < -0.3 is 15.7 Å². The molecule has 2 amide bonds. The van der Waals surface area contributed by atoms with E-state index in [1.54, 1.807) is 6.07 Å². The van der Waals surface area contributed by atoms with Crippen LogP contribution >= 0.6 is 11.6 Å². The SMILES string of the molecule is Cc1cccc(NC(=O)NCC(O)CC(C)C)c1Cl. The molecule has 0 saturated carbocycles. The Balaban J connectivity index is 2.45. The second kappa shape index (κ2) is 7.36.